The van der Waals surface area contributed by atoms with E-state index in [1.54, 1.807) is 6.07 Å². The van der Waals surface area contributed by atoms with E-state index in [-0.39, 0.29) is 5.91 Å². The zero-order valence-electron chi connectivity index (χ0n) is 12.0. The van der Waals surface area contributed by atoms with Gasteiger partial charge in [-0.05, 0) is 29.8 Å². The Morgan fingerprint density at radius 2 is 2.04 bits per heavy atom. The molecule has 1 heterocycles. The minimum absolute atomic E-state index is 0.210. The highest BCUT2D eigenvalue weighted by Gasteiger charge is 2.10. The Bertz CT molecular complexity index is 847. The number of benzene rings is 2. The third-order valence-corrected chi connectivity index (χ3v) is 3.99. The van der Waals surface area contributed by atoms with Gasteiger partial charge < -0.3 is 10.3 Å². The molecule has 23 heavy (non-hydrogen) atoms. The minimum Gasteiger partial charge on any atom is -0.347 e. The molecular formula is C17H13BrClN3O. The first-order chi connectivity index (χ1) is 11.1. The molecule has 0 atom stereocenters. The zero-order chi connectivity index (χ0) is 16.2. The van der Waals surface area contributed by atoms with E-state index in [1.165, 1.54) is 6.20 Å². The SMILES string of the molecule is O=C(NCc1cccc(Cl)c1)c1cnc(-c2cccc(Br)c2)[nH]1. The Hall–Kier alpha value is -2.11. The lowest BCUT2D eigenvalue weighted by Crippen LogP contribution is -2.23. The van der Waals surface area contributed by atoms with Gasteiger partial charge in [-0.25, -0.2) is 4.98 Å². The first-order valence-electron chi connectivity index (χ1n) is 6.95. The molecule has 0 spiro atoms. The number of amides is 1. The number of halogens is 2. The van der Waals surface area contributed by atoms with Gasteiger partial charge in [0.2, 0.25) is 0 Å². The van der Waals surface area contributed by atoms with Crippen molar-refractivity contribution in [2.45, 2.75) is 6.54 Å². The molecular weight excluding hydrogens is 378 g/mol. The van der Waals surface area contributed by atoms with Gasteiger partial charge in [-0.15, -0.1) is 0 Å². The zero-order valence-corrected chi connectivity index (χ0v) is 14.4. The summed E-state index contributed by atoms with van der Waals surface area (Å²) in [6, 6.07) is 15.1. The van der Waals surface area contributed by atoms with E-state index in [9.17, 15) is 4.79 Å². The number of aromatic amines is 1. The van der Waals surface area contributed by atoms with Gasteiger partial charge in [0.25, 0.3) is 5.91 Å². The summed E-state index contributed by atoms with van der Waals surface area (Å²) in [7, 11) is 0. The number of rotatable bonds is 4. The predicted molar refractivity (Wildman–Crippen MR) is 94.3 cm³/mol. The van der Waals surface area contributed by atoms with Gasteiger partial charge in [-0.3, -0.25) is 4.79 Å². The Kier molecular flexibility index (Phi) is 4.79. The van der Waals surface area contributed by atoms with Crippen molar-refractivity contribution >= 4 is 33.4 Å². The molecule has 6 heteroatoms. The summed E-state index contributed by atoms with van der Waals surface area (Å²) in [5.74, 6) is 0.443. The maximum absolute atomic E-state index is 12.2. The van der Waals surface area contributed by atoms with Crippen LogP contribution in [-0.2, 0) is 6.54 Å². The number of carbonyl (C=O) groups is 1. The third kappa shape index (κ3) is 4.00. The highest BCUT2D eigenvalue weighted by atomic mass is 79.9. The van der Waals surface area contributed by atoms with E-state index in [4.69, 9.17) is 11.6 Å². The van der Waals surface area contributed by atoms with E-state index in [0.29, 0.717) is 23.1 Å². The van der Waals surface area contributed by atoms with Crippen molar-refractivity contribution in [1.82, 2.24) is 15.3 Å². The molecule has 0 bridgehead atoms. The lowest BCUT2D eigenvalue weighted by Gasteiger charge is -2.04. The van der Waals surface area contributed by atoms with Crippen LogP contribution in [0.5, 0.6) is 0 Å². The summed E-state index contributed by atoms with van der Waals surface area (Å²) in [5.41, 5.74) is 2.27. The predicted octanol–water partition coefficient (Wildman–Crippen LogP) is 4.42. The van der Waals surface area contributed by atoms with Gasteiger partial charge >= 0.3 is 0 Å². The Labute approximate surface area is 147 Å². The van der Waals surface area contributed by atoms with Crippen molar-refractivity contribution in [1.29, 1.82) is 0 Å². The van der Waals surface area contributed by atoms with Gasteiger partial charge in [0, 0.05) is 21.6 Å². The van der Waals surface area contributed by atoms with Crippen LogP contribution in [0.2, 0.25) is 5.02 Å². The van der Waals surface area contributed by atoms with Crippen LogP contribution in [-0.4, -0.2) is 15.9 Å². The number of nitrogens with one attached hydrogen (secondary N) is 2. The van der Waals surface area contributed by atoms with E-state index in [2.05, 4.69) is 31.2 Å². The number of imidazole rings is 1. The van der Waals surface area contributed by atoms with Gasteiger partial charge in [-0.2, -0.15) is 0 Å². The van der Waals surface area contributed by atoms with Gasteiger partial charge in [-0.1, -0.05) is 51.8 Å². The average Bonchev–Trinajstić information content (AvgIpc) is 3.03. The van der Waals surface area contributed by atoms with Crippen molar-refractivity contribution in [2.24, 2.45) is 0 Å². The molecule has 1 aromatic heterocycles. The van der Waals surface area contributed by atoms with Crippen molar-refractivity contribution in [2.75, 3.05) is 0 Å². The number of carbonyl (C=O) groups excluding carboxylic acids is 1. The fourth-order valence-corrected chi connectivity index (χ4v) is 2.76. The largest absolute Gasteiger partial charge is 0.347 e. The van der Waals surface area contributed by atoms with E-state index in [1.807, 2.05) is 42.5 Å². The normalized spacial score (nSPS) is 10.5. The average molecular weight is 391 g/mol. The van der Waals surface area contributed by atoms with Crippen molar-refractivity contribution in [3.8, 4) is 11.4 Å². The van der Waals surface area contributed by atoms with Crippen molar-refractivity contribution < 1.29 is 4.79 Å². The van der Waals surface area contributed by atoms with Crippen molar-refractivity contribution in [3.63, 3.8) is 0 Å². The van der Waals surface area contributed by atoms with Crippen LogP contribution >= 0.6 is 27.5 Å². The molecule has 0 radical (unpaired) electrons. The van der Waals surface area contributed by atoms with Crippen LogP contribution in [0.1, 0.15) is 16.1 Å². The lowest BCUT2D eigenvalue weighted by atomic mass is 10.2. The summed E-state index contributed by atoms with van der Waals surface area (Å²) in [6.45, 7) is 0.407. The fraction of sp³-hybridized carbons (Fsp3) is 0.0588. The summed E-state index contributed by atoms with van der Waals surface area (Å²) in [6.07, 6.45) is 1.53. The van der Waals surface area contributed by atoms with Crippen LogP contribution < -0.4 is 5.32 Å². The molecule has 2 aromatic carbocycles. The molecule has 0 fully saturated rings. The third-order valence-electron chi connectivity index (χ3n) is 3.26. The summed E-state index contributed by atoms with van der Waals surface area (Å²) >= 11 is 9.35. The quantitative estimate of drug-likeness (QED) is 0.692. The smallest absolute Gasteiger partial charge is 0.269 e. The summed E-state index contributed by atoms with van der Waals surface area (Å²) in [5, 5.41) is 3.49. The van der Waals surface area contributed by atoms with E-state index in [0.717, 1.165) is 15.6 Å². The van der Waals surface area contributed by atoms with Crippen molar-refractivity contribution in [3.05, 3.63) is 75.5 Å². The Morgan fingerprint density at radius 1 is 1.22 bits per heavy atom. The molecule has 0 aliphatic carbocycles. The lowest BCUT2D eigenvalue weighted by molar-refractivity contribution is 0.0946. The molecule has 3 aromatic rings. The molecule has 2 N–H and O–H groups in total. The second-order valence-electron chi connectivity index (χ2n) is 4.97. The maximum atomic E-state index is 12.2. The highest BCUT2D eigenvalue weighted by Crippen LogP contribution is 2.20. The number of aromatic nitrogens is 2. The molecule has 0 saturated heterocycles. The maximum Gasteiger partial charge on any atom is 0.269 e. The van der Waals surface area contributed by atoms with Crippen LogP contribution in [0.4, 0.5) is 0 Å². The van der Waals surface area contributed by atoms with E-state index < -0.39 is 0 Å². The van der Waals surface area contributed by atoms with Gasteiger partial charge in [0.15, 0.2) is 0 Å². The first kappa shape index (κ1) is 15.8. The van der Waals surface area contributed by atoms with Gasteiger partial charge in [0.05, 0.1) is 6.20 Å². The Morgan fingerprint density at radius 3 is 2.83 bits per heavy atom. The van der Waals surface area contributed by atoms with Crippen LogP contribution in [0.15, 0.2) is 59.2 Å². The van der Waals surface area contributed by atoms with E-state index >= 15 is 0 Å². The second kappa shape index (κ2) is 6.98. The van der Waals surface area contributed by atoms with Crippen LogP contribution in [0.25, 0.3) is 11.4 Å². The second-order valence-corrected chi connectivity index (χ2v) is 6.32. The molecule has 0 aliphatic heterocycles. The topological polar surface area (TPSA) is 57.8 Å². The number of hydrogen-bond donors (Lipinski definition) is 2. The summed E-state index contributed by atoms with van der Waals surface area (Å²) < 4.78 is 0.957. The monoisotopic (exact) mass is 389 g/mol. The molecule has 1 amide bonds. The van der Waals surface area contributed by atoms with Crippen LogP contribution in [0.3, 0.4) is 0 Å². The molecule has 0 aliphatic rings. The molecule has 0 saturated carbocycles. The standard InChI is InChI=1S/C17H13BrClN3O/c18-13-5-2-4-12(8-13)16-20-10-15(22-16)17(23)21-9-11-3-1-6-14(19)7-11/h1-8,10H,9H2,(H,20,22)(H,21,23). The minimum atomic E-state index is -0.210. The molecule has 4 nitrogen and oxygen atoms in total. The molecule has 116 valence electrons. The molecule has 3 rings (SSSR count). The summed E-state index contributed by atoms with van der Waals surface area (Å²) in [4.78, 5) is 19.5. The number of H-pyrrole nitrogens is 1. The fourth-order valence-electron chi connectivity index (χ4n) is 2.14. The number of nitrogens with zero attached hydrogens (tertiary/aromatic N) is 1. The Balaban J connectivity index is 1.69. The highest BCUT2D eigenvalue weighted by molar-refractivity contribution is 9.10. The number of hydrogen-bond acceptors (Lipinski definition) is 2. The van der Waals surface area contributed by atoms with Crippen LogP contribution in [0, 0.1) is 0 Å². The molecule has 0 unspecified atom stereocenters. The van der Waals surface area contributed by atoms with Gasteiger partial charge in [0.1, 0.15) is 11.5 Å². The first-order valence-corrected chi connectivity index (χ1v) is 8.12.